The molecule has 2 aromatic heterocycles. The van der Waals surface area contributed by atoms with Crippen molar-refractivity contribution in [1.82, 2.24) is 15.2 Å². The quantitative estimate of drug-likeness (QED) is 0.397. The number of carbonyl (C=O) groups excluding carboxylic acids is 1. The summed E-state index contributed by atoms with van der Waals surface area (Å²) in [7, 11) is 0. The van der Waals surface area contributed by atoms with E-state index in [9.17, 15) is 4.79 Å². The van der Waals surface area contributed by atoms with Crippen LogP contribution >= 0.6 is 23.1 Å². The molecule has 1 amide bonds. The summed E-state index contributed by atoms with van der Waals surface area (Å²) in [6, 6.07) is 16.8. The highest BCUT2D eigenvalue weighted by Crippen LogP contribution is 2.32. The zero-order valence-corrected chi connectivity index (χ0v) is 18.4. The van der Waals surface area contributed by atoms with Crippen molar-refractivity contribution in [3.8, 4) is 29.0 Å². The van der Waals surface area contributed by atoms with Gasteiger partial charge in [-0.3, -0.25) is 10.1 Å². The van der Waals surface area contributed by atoms with Crippen molar-refractivity contribution in [2.24, 2.45) is 0 Å². The van der Waals surface area contributed by atoms with Gasteiger partial charge < -0.3 is 4.42 Å². The first-order chi connectivity index (χ1) is 15.0. The number of nitrogens with zero attached hydrogens (tertiary/aromatic N) is 4. The average molecular weight is 448 g/mol. The number of thiazole rings is 1. The molecule has 0 radical (unpaired) electrons. The molecule has 0 bridgehead atoms. The molecule has 4 rings (SSSR count). The highest BCUT2D eigenvalue weighted by Gasteiger charge is 2.15. The molecule has 0 aliphatic heterocycles. The summed E-state index contributed by atoms with van der Waals surface area (Å²) in [4.78, 5) is 16.9. The van der Waals surface area contributed by atoms with E-state index >= 15 is 0 Å². The van der Waals surface area contributed by atoms with E-state index in [1.807, 2.05) is 38.1 Å². The van der Waals surface area contributed by atoms with Gasteiger partial charge in [0.15, 0.2) is 5.13 Å². The minimum absolute atomic E-state index is 0.261. The lowest BCUT2D eigenvalue weighted by Gasteiger charge is -2.02. The van der Waals surface area contributed by atoms with E-state index in [2.05, 4.69) is 26.6 Å². The summed E-state index contributed by atoms with van der Waals surface area (Å²) in [6.07, 6.45) is 0. The van der Waals surface area contributed by atoms with Gasteiger partial charge >= 0.3 is 0 Å². The van der Waals surface area contributed by atoms with Crippen LogP contribution in [0.5, 0.6) is 0 Å². The molecule has 1 N–H and O–H groups in total. The van der Waals surface area contributed by atoms with Gasteiger partial charge in [-0.15, -0.1) is 10.2 Å². The summed E-state index contributed by atoms with van der Waals surface area (Å²) in [5, 5.41) is 20.3. The molecule has 4 aromatic rings. The van der Waals surface area contributed by atoms with E-state index in [4.69, 9.17) is 9.68 Å². The average Bonchev–Trinajstić information content (AvgIpc) is 3.39. The number of rotatable bonds is 6. The normalized spacial score (nSPS) is 10.6. The minimum atomic E-state index is -0.261. The number of thioether (sulfide) groups is 1. The first-order valence-corrected chi connectivity index (χ1v) is 11.1. The van der Waals surface area contributed by atoms with E-state index in [0.717, 1.165) is 26.6 Å². The number of hydrogen-bond acceptors (Lipinski definition) is 8. The Morgan fingerprint density at radius 3 is 2.61 bits per heavy atom. The zero-order chi connectivity index (χ0) is 21.8. The van der Waals surface area contributed by atoms with Crippen LogP contribution in [-0.4, -0.2) is 26.8 Å². The van der Waals surface area contributed by atoms with E-state index in [1.165, 1.54) is 23.1 Å². The number of hydrogen-bond donors (Lipinski definition) is 1. The minimum Gasteiger partial charge on any atom is -0.416 e. The van der Waals surface area contributed by atoms with Crippen LogP contribution in [0.1, 0.15) is 21.6 Å². The maximum absolute atomic E-state index is 12.6. The third kappa shape index (κ3) is 4.66. The Hall–Kier alpha value is -3.48. The Balaban J connectivity index is 1.47. The summed E-state index contributed by atoms with van der Waals surface area (Å²) in [5.74, 6) is 0.932. The monoisotopic (exact) mass is 447 g/mol. The summed E-state index contributed by atoms with van der Waals surface area (Å²) < 4.78 is 6.75. The van der Waals surface area contributed by atoms with Crippen molar-refractivity contribution >= 4 is 34.1 Å². The lowest BCUT2D eigenvalue weighted by atomic mass is 10.1. The Kier molecular flexibility index (Phi) is 6.11. The molecule has 0 fully saturated rings. The fourth-order valence-corrected chi connectivity index (χ4v) is 4.66. The van der Waals surface area contributed by atoms with Crippen LogP contribution in [0.3, 0.4) is 0 Å². The van der Waals surface area contributed by atoms with E-state index in [1.54, 1.807) is 24.3 Å². The number of aryl methyl sites for hydroxylation is 2. The van der Waals surface area contributed by atoms with Crippen molar-refractivity contribution in [2.45, 2.75) is 18.1 Å². The van der Waals surface area contributed by atoms with Gasteiger partial charge in [-0.25, -0.2) is 4.98 Å². The first kappa shape index (κ1) is 20.8. The molecule has 0 unspecified atom stereocenters. The van der Waals surface area contributed by atoms with Crippen LogP contribution < -0.4 is 5.32 Å². The number of aromatic nitrogens is 3. The topological polar surface area (TPSA) is 105 Å². The highest BCUT2D eigenvalue weighted by molar-refractivity contribution is 8.01. The van der Waals surface area contributed by atoms with E-state index in [0.29, 0.717) is 28.2 Å². The van der Waals surface area contributed by atoms with Crippen molar-refractivity contribution < 1.29 is 9.21 Å². The Labute approximate surface area is 187 Å². The lowest BCUT2D eigenvalue weighted by Crippen LogP contribution is -2.11. The Morgan fingerprint density at radius 2 is 1.87 bits per heavy atom. The Morgan fingerprint density at radius 1 is 1.13 bits per heavy atom. The van der Waals surface area contributed by atoms with Gasteiger partial charge in [0.1, 0.15) is 0 Å². The fourth-order valence-electron chi connectivity index (χ4n) is 2.86. The smallest absolute Gasteiger partial charge is 0.257 e. The van der Waals surface area contributed by atoms with Crippen LogP contribution in [0.4, 0.5) is 5.13 Å². The van der Waals surface area contributed by atoms with Gasteiger partial charge in [0.05, 0.1) is 21.7 Å². The maximum atomic E-state index is 12.6. The number of nitrogens with one attached hydrogen (secondary N) is 1. The van der Waals surface area contributed by atoms with Crippen LogP contribution in [0.15, 0.2) is 57.2 Å². The van der Waals surface area contributed by atoms with Crippen LogP contribution in [0, 0.1) is 25.2 Å². The second-order valence-electron chi connectivity index (χ2n) is 6.60. The number of anilines is 1. The number of carbonyl (C=O) groups is 1. The van der Waals surface area contributed by atoms with E-state index in [-0.39, 0.29) is 5.91 Å². The maximum Gasteiger partial charge on any atom is 0.257 e. The predicted molar refractivity (Wildman–Crippen MR) is 121 cm³/mol. The number of amides is 1. The third-order valence-corrected chi connectivity index (χ3v) is 6.74. The molecule has 9 heteroatoms. The van der Waals surface area contributed by atoms with Crippen molar-refractivity contribution in [3.63, 3.8) is 0 Å². The van der Waals surface area contributed by atoms with Gasteiger partial charge in [-0.1, -0.05) is 41.3 Å². The molecule has 0 saturated carbocycles. The highest BCUT2D eigenvalue weighted by atomic mass is 32.2. The second-order valence-corrected chi connectivity index (χ2v) is 8.84. The van der Waals surface area contributed by atoms with Crippen molar-refractivity contribution in [2.75, 3.05) is 11.1 Å². The van der Waals surface area contributed by atoms with Gasteiger partial charge in [-0.05, 0) is 49.7 Å². The van der Waals surface area contributed by atoms with Gasteiger partial charge in [0.25, 0.3) is 5.91 Å². The van der Waals surface area contributed by atoms with E-state index < -0.39 is 0 Å². The molecule has 2 heterocycles. The van der Waals surface area contributed by atoms with Gasteiger partial charge in [-0.2, -0.15) is 5.26 Å². The van der Waals surface area contributed by atoms with Crippen LogP contribution in [-0.2, 0) is 0 Å². The molecule has 154 valence electrons. The molecule has 31 heavy (non-hydrogen) atoms. The molecular weight excluding hydrogens is 430 g/mol. The number of benzene rings is 2. The first-order valence-electron chi connectivity index (χ1n) is 9.33. The van der Waals surface area contributed by atoms with Gasteiger partial charge in [0.2, 0.25) is 11.8 Å². The van der Waals surface area contributed by atoms with Crippen molar-refractivity contribution in [1.29, 1.82) is 5.26 Å². The molecule has 0 spiro atoms. The molecular formula is C22H17N5O2S2. The zero-order valence-electron chi connectivity index (χ0n) is 16.7. The third-order valence-electron chi connectivity index (χ3n) is 4.44. The number of nitriles is 1. The standard InChI is InChI=1S/C22H17N5O2S2/c1-13-5-3-4-6-17(13)20-27-26-19(29-20)16-9-7-15(8-10-16)18(28)25-22-24-14(2)21(31-22)30-12-11-23/h3-10H,12H2,1-2H3,(H,24,25,28). The molecule has 7 nitrogen and oxygen atoms in total. The predicted octanol–water partition coefficient (Wildman–Crippen LogP) is 5.34. The molecule has 2 aromatic carbocycles. The Bertz CT molecular complexity index is 1270. The van der Waals surface area contributed by atoms with Crippen LogP contribution in [0.25, 0.3) is 22.9 Å². The van der Waals surface area contributed by atoms with Crippen molar-refractivity contribution in [3.05, 3.63) is 65.4 Å². The molecule has 0 aliphatic rings. The summed E-state index contributed by atoms with van der Waals surface area (Å²) in [6.45, 7) is 3.85. The fraction of sp³-hybridized carbons (Fsp3) is 0.136. The molecule has 0 saturated heterocycles. The largest absolute Gasteiger partial charge is 0.416 e. The summed E-state index contributed by atoms with van der Waals surface area (Å²) in [5.41, 5.74) is 3.96. The lowest BCUT2D eigenvalue weighted by molar-refractivity contribution is 0.102. The molecule has 0 aliphatic carbocycles. The second kappa shape index (κ2) is 9.12. The van der Waals surface area contributed by atoms with Crippen LogP contribution in [0.2, 0.25) is 0 Å². The SMILES string of the molecule is Cc1ccccc1-c1nnc(-c2ccc(C(=O)Nc3nc(C)c(SCC#N)s3)cc2)o1. The van der Waals surface area contributed by atoms with Gasteiger partial charge in [0, 0.05) is 16.7 Å². The molecule has 0 atom stereocenters. The summed E-state index contributed by atoms with van der Waals surface area (Å²) >= 11 is 2.77.